The second kappa shape index (κ2) is 13.1. The minimum atomic E-state index is -4.06. The Morgan fingerprint density at radius 3 is 1.90 bits per heavy atom. The van der Waals surface area contributed by atoms with Crippen molar-refractivity contribution in [2.24, 2.45) is 0 Å². The lowest BCUT2D eigenvalue weighted by atomic mass is 10.2. The molecule has 0 atom stereocenters. The summed E-state index contributed by atoms with van der Waals surface area (Å²) in [5, 5.41) is 2.79. The number of rotatable bonds is 11. The van der Waals surface area contributed by atoms with E-state index in [0.29, 0.717) is 35.2 Å². The fourth-order valence-corrected chi connectivity index (χ4v) is 5.58. The molecule has 42 heavy (non-hydrogen) atoms. The van der Waals surface area contributed by atoms with Gasteiger partial charge in [0.05, 0.1) is 10.6 Å². The fourth-order valence-electron chi connectivity index (χ4n) is 4.16. The molecule has 0 unspecified atom stereocenters. The van der Waals surface area contributed by atoms with E-state index in [1.54, 1.807) is 60.7 Å². The molecular formula is C34H30N2O5S. The van der Waals surface area contributed by atoms with Gasteiger partial charge in [-0.25, -0.2) is 8.42 Å². The Morgan fingerprint density at radius 2 is 1.26 bits per heavy atom. The predicted octanol–water partition coefficient (Wildman–Crippen LogP) is 7.20. The normalized spacial score (nSPS) is 11.0. The van der Waals surface area contributed by atoms with Crippen molar-refractivity contribution in [1.82, 2.24) is 0 Å². The van der Waals surface area contributed by atoms with Crippen LogP contribution in [-0.2, 0) is 21.4 Å². The zero-order valence-corrected chi connectivity index (χ0v) is 23.8. The Hall–Kier alpha value is -5.08. The molecule has 0 aromatic heterocycles. The number of hydrogen-bond acceptors (Lipinski definition) is 5. The highest BCUT2D eigenvalue weighted by Crippen LogP contribution is 2.28. The van der Waals surface area contributed by atoms with Crippen LogP contribution in [0.25, 0.3) is 0 Å². The van der Waals surface area contributed by atoms with E-state index in [-0.39, 0.29) is 4.90 Å². The van der Waals surface area contributed by atoms with Crippen LogP contribution in [0, 0.1) is 6.92 Å². The average Bonchev–Trinajstić information content (AvgIpc) is 3.01. The van der Waals surface area contributed by atoms with Gasteiger partial charge in [-0.1, -0.05) is 66.2 Å². The monoisotopic (exact) mass is 578 g/mol. The maximum atomic E-state index is 13.7. The number of nitrogens with zero attached hydrogens (tertiary/aromatic N) is 1. The Balaban J connectivity index is 1.31. The highest BCUT2D eigenvalue weighted by Gasteiger charge is 2.27. The number of nitrogens with one attached hydrogen (secondary N) is 1. The van der Waals surface area contributed by atoms with Crippen LogP contribution in [0.15, 0.2) is 138 Å². The minimum Gasteiger partial charge on any atom is -0.489 e. The number of hydrogen-bond donors (Lipinski definition) is 1. The van der Waals surface area contributed by atoms with Crippen molar-refractivity contribution in [3.63, 3.8) is 0 Å². The smallest absolute Gasteiger partial charge is 0.264 e. The topological polar surface area (TPSA) is 84.9 Å². The summed E-state index contributed by atoms with van der Waals surface area (Å²) >= 11 is 0. The van der Waals surface area contributed by atoms with Crippen LogP contribution in [0.5, 0.6) is 17.2 Å². The minimum absolute atomic E-state index is 0.0884. The van der Waals surface area contributed by atoms with Crippen LogP contribution in [0.3, 0.4) is 0 Å². The molecule has 0 saturated heterocycles. The van der Waals surface area contributed by atoms with Crippen LogP contribution >= 0.6 is 0 Å². The highest BCUT2D eigenvalue weighted by molar-refractivity contribution is 7.92. The lowest BCUT2D eigenvalue weighted by Crippen LogP contribution is -2.38. The van der Waals surface area contributed by atoms with E-state index in [1.165, 1.54) is 12.1 Å². The Kier molecular flexibility index (Phi) is 8.84. The zero-order valence-electron chi connectivity index (χ0n) is 23.0. The Bertz CT molecular complexity index is 1710. The van der Waals surface area contributed by atoms with Crippen molar-refractivity contribution in [1.29, 1.82) is 0 Å². The van der Waals surface area contributed by atoms with Gasteiger partial charge in [-0.05, 0) is 85.3 Å². The molecule has 0 heterocycles. The van der Waals surface area contributed by atoms with Gasteiger partial charge in [-0.3, -0.25) is 9.10 Å². The van der Waals surface area contributed by atoms with Crippen LogP contribution in [0.4, 0.5) is 11.4 Å². The van der Waals surface area contributed by atoms with Crippen LogP contribution in [-0.4, -0.2) is 20.9 Å². The molecule has 5 aromatic rings. The van der Waals surface area contributed by atoms with Gasteiger partial charge in [-0.15, -0.1) is 0 Å². The second-order valence-electron chi connectivity index (χ2n) is 9.58. The van der Waals surface area contributed by atoms with E-state index in [0.717, 1.165) is 15.4 Å². The van der Waals surface area contributed by atoms with E-state index in [9.17, 15) is 13.2 Å². The van der Waals surface area contributed by atoms with Crippen molar-refractivity contribution in [3.8, 4) is 17.2 Å². The van der Waals surface area contributed by atoms with Crippen molar-refractivity contribution < 1.29 is 22.7 Å². The first kappa shape index (κ1) is 28.4. The molecule has 7 nitrogen and oxygen atoms in total. The first-order chi connectivity index (χ1) is 20.4. The number of amides is 1. The summed E-state index contributed by atoms with van der Waals surface area (Å²) < 4.78 is 40.2. The summed E-state index contributed by atoms with van der Waals surface area (Å²) in [5.41, 5.74) is 2.82. The summed E-state index contributed by atoms with van der Waals surface area (Å²) in [6, 6.07) is 39.1. The van der Waals surface area contributed by atoms with E-state index >= 15 is 0 Å². The van der Waals surface area contributed by atoms with E-state index < -0.39 is 22.5 Å². The molecule has 1 N–H and O–H groups in total. The van der Waals surface area contributed by atoms with Gasteiger partial charge >= 0.3 is 0 Å². The number of aryl methyl sites for hydroxylation is 1. The number of carbonyl (C=O) groups is 1. The highest BCUT2D eigenvalue weighted by atomic mass is 32.2. The third-order valence-electron chi connectivity index (χ3n) is 6.39. The average molecular weight is 579 g/mol. The van der Waals surface area contributed by atoms with E-state index in [1.807, 2.05) is 67.6 Å². The molecule has 0 aliphatic heterocycles. The van der Waals surface area contributed by atoms with Gasteiger partial charge in [0.25, 0.3) is 10.0 Å². The number of sulfonamides is 1. The standard InChI is InChI=1S/C34H30N2O5S/c1-26-12-22-33(23-13-26)42(38,39)36(29-16-20-32(21-17-29)41-31-10-6-3-7-11-31)24-34(37)35-28-14-18-30(19-15-28)40-25-27-8-4-2-5-9-27/h2-23H,24-25H2,1H3,(H,35,37). The molecule has 0 radical (unpaired) electrons. The lowest BCUT2D eigenvalue weighted by molar-refractivity contribution is -0.114. The molecule has 1 amide bonds. The number of ether oxygens (including phenoxy) is 2. The predicted molar refractivity (Wildman–Crippen MR) is 165 cm³/mol. The maximum absolute atomic E-state index is 13.7. The molecule has 8 heteroatoms. The van der Waals surface area contributed by atoms with E-state index in [4.69, 9.17) is 9.47 Å². The van der Waals surface area contributed by atoms with Gasteiger partial charge in [0.1, 0.15) is 30.4 Å². The second-order valence-corrected chi connectivity index (χ2v) is 11.4. The Morgan fingerprint density at radius 1 is 0.690 bits per heavy atom. The summed E-state index contributed by atoms with van der Waals surface area (Å²) in [6.45, 7) is 1.87. The quantitative estimate of drug-likeness (QED) is 0.179. The van der Waals surface area contributed by atoms with E-state index in [2.05, 4.69) is 5.32 Å². The lowest BCUT2D eigenvalue weighted by Gasteiger charge is -2.24. The number of benzene rings is 5. The van der Waals surface area contributed by atoms with Crippen molar-refractivity contribution in [3.05, 3.63) is 145 Å². The SMILES string of the molecule is Cc1ccc(S(=O)(=O)N(CC(=O)Nc2ccc(OCc3ccccc3)cc2)c2ccc(Oc3ccccc3)cc2)cc1. The Labute approximate surface area is 246 Å². The maximum Gasteiger partial charge on any atom is 0.264 e. The summed E-state index contributed by atoms with van der Waals surface area (Å²) in [4.78, 5) is 13.2. The van der Waals surface area contributed by atoms with Gasteiger partial charge in [0.15, 0.2) is 0 Å². The molecule has 0 saturated carbocycles. The van der Waals surface area contributed by atoms with Crippen LogP contribution in [0.1, 0.15) is 11.1 Å². The molecular weight excluding hydrogens is 548 g/mol. The van der Waals surface area contributed by atoms with Gasteiger partial charge < -0.3 is 14.8 Å². The largest absolute Gasteiger partial charge is 0.489 e. The molecule has 0 fully saturated rings. The summed E-state index contributed by atoms with van der Waals surface area (Å²) in [6.07, 6.45) is 0. The first-order valence-electron chi connectivity index (χ1n) is 13.4. The molecule has 0 aliphatic rings. The number of anilines is 2. The molecule has 0 spiro atoms. The summed E-state index contributed by atoms with van der Waals surface area (Å²) in [7, 11) is -4.06. The van der Waals surface area contributed by atoms with Crippen molar-refractivity contribution in [2.75, 3.05) is 16.2 Å². The summed E-state index contributed by atoms with van der Waals surface area (Å²) in [5.74, 6) is 1.35. The van der Waals surface area contributed by atoms with Gasteiger partial charge in [0.2, 0.25) is 5.91 Å². The fraction of sp³-hybridized carbons (Fsp3) is 0.0882. The van der Waals surface area contributed by atoms with Crippen molar-refractivity contribution >= 4 is 27.3 Å². The molecule has 212 valence electrons. The molecule has 5 rings (SSSR count). The molecule has 5 aromatic carbocycles. The first-order valence-corrected chi connectivity index (χ1v) is 14.8. The molecule has 0 bridgehead atoms. The van der Waals surface area contributed by atoms with Gasteiger partial charge in [-0.2, -0.15) is 0 Å². The number of carbonyl (C=O) groups excluding carboxylic acids is 1. The zero-order chi connectivity index (χ0) is 29.4. The van der Waals surface area contributed by atoms with Crippen LogP contribution < -0.4 is 19.1 Å². The third kappa shape index (κ3) is 7.35. The van der Waals surface area contributed by atoms with Gasteiger partial charge in [0, 0.05) is 5.69 Å². The number of para-hydroxylation sites is 1. The van der Waals surface area contributed by atoms with Crippen molar-refractivity contribution in [2.45, 2.75) is 18.4 Å². The third-order valence-corrected chi connectivity index (χ3v) is 8.17. The van der Waals surface area contributed by atoms with Crippen LogP contribution in [0.2, 0.25) is 0 Å². The molecule has 0 aliphatic carbocycles.